The van der Waals surface area contributed by atoms with Gasteiger partial charge in [-0.25, -0.2) is 4.79 Å². The lowest BCUT2D eigenvalue weighted by atomic mass is 9.90. The smallest absolute Gasteiger partial charge is 0.325 e. The first kappa shape index (κ1) is 18.1. The number of nitrogens with zero attached hydrogens (tertiary/aromatic N) is 1. The van der Waals surface area contributed by atoms with Gasteiger partial charge in [-0.1, -0.05) is 37.8 Å². The molecule has 1 saturated carbocycles. The zero-order valence-corrected chi connectivity index (χ0v) is 14.8. The number of hydrogen-bond donors (Lipinski definition) is 2. The summed E-state index contributed by atoms with van der Waals surface area (Å²) in [5.41, 5.74) is 0.0942. The number of imide groups is 1. The van der Waals surface area contributed by atoms with Gasteiger partial charge < -0.3 is 10.6 Å². The van der Waals surface area contributed by atoms with E-state index in [1.807, 2.05) is 0 Å². The van der Waals surface area contributed by atoms with Gasteiger partial charge in [0, 0.05) is 11.3 Å². The van der Waals surface area contributed by atoms with E-state index in [1.54, 1.807) is 24.3 Å². The number of Topliss-reactive ketones (excluding diaryl/α,β-unsaturated/α-hetero) is 1. The van der Waals surface area contributed by atoms with Crippen LogP contribution in [0.3, 0.4) is 0 Å². The molecular formula is C19H23N3O4. The number of ketones is 1. The van der Waals surface area contributed by atoms with Crippen LogP contribution < -0.4 is 10.6 Å². The van der Waals surface area contributed by atoms with Crippen LogP contribution in [-0.4, -0.2) is 40.6 Å². The minimum Gasteiger partial charge on any atom is -0.325 e. The second-order valence-electron chi connectivity index (χ2n) is 7.00. The summed E-state index contributed by atoms with van der Waals surface area (Å²) < 4.78 is 0. The van der Waals surface area contributed by atoms with Crippen LogP contribution in [0.25, 0.3) is 0 Å². The zero-order chi connectivity index (χ0) is 18.7. The van der Waals surface area contributed by atoms with Crippen molar-refractivity contribution < 1.29 is 19.2 Å². The second kappa shape index (κ2) is 7.27. The molecule has 0 bridgehead atoms. The van der Waals surface area contributed by atoms with Crippen LogP contribution in [0.1, 0.15) is 55.8 Å². The Hall–Kier alpha value is -2.70. The van der Waals surface area contributed by atoms with E-state index < -0.39 is 17.5 Å². The van der Waals surface area contributed by atoms with Gasteiger partial charge in [0.15, 0.2) is 5.78 Å². The zero-order valence-electron chi connectivity index (χ0n) is 14.8. The summed E-state index contributed by atoms with van der Waals surface area (Å²) in [5, 5.41) is 5.46. The Morgan fingerprint density at radius 1 is 1.15 bits per heavy atom. The molecule has 1 aromatic rings. The topological polar surface area (TPSA) is 95.6 Å². The number of nitrogens with one attached hydrogen (secondary N) is 2. The summed E-state index contributed by atoms with van der Waals surface area (Å²) >= 11 is 0. The normalized spacial score (nSPS) is 19.2. The van der Waals surface area contributed by atoms with Gasteiger partial charge >= 0.3 is 6.03 Å². The Kier molecular flexibility index (Phi) is 5.06. The second-order valence-corrected chi connectivity index (χ2v) is 7.00. The summed E-state index contributed by atoms with van der Waals surface area (Å²) in [4.78, 5) is 49.8. The molecule has 1 spiro atoms. The third kappa shape index (κ3) is 3.61. The van der Waals surface area contributed by atoms with Crippen LogP contribution in [0.15, 0.2) is 24.3 Å². The highest BCUT2D eigenvalue weighted by molar-refractivity contribution is 6.10. The Morgan fingerprint density at radius 2 is 1.85 bits per heavy atom. The molecule has 2 N–H and O–H groups in total. The predicted octanol–water partition coefficient (Wildman–Crippen LogP) is 2.47. The van der Waals surface area contributed by atoms with Crippen LogP contribution in [0, 0.1) is 0 Å². The van der Waals surface area contributed by atoms with Gasteiger partial charge in [-0.2, -0.15) is 0 Å². The van der Waals surface area contributed by atoms with Crippen LogP contribution in [-0.2, 0) is 9.59 Å². The summed E-state index contributed by atoms with van der Waals surface area (Å²) in [6.07, 6.45) is 5.14. The Labute approximate surface area is 152 Å². The van der Waals surface area contributed by atoms with Crippen molar-refractivity contribution in [3.63, 3.8) is 0 Å². The molecule has 0 aromatic heterocycles. The van der Waals surface area contributed by atoms with Crippen molar-refractivity contribution >= 4 is 29.3 Å². The van der Waals surface area contributed by atoms with E-state index in [2.05, 4.69) is 10.6 Å². The van der Waals surface area contributed by atoms with Gasteiger partial charge in [0.1, 0.15) is 12.1 Å². The van der Waals surface area contributed by atoms with Crippen LogP contribution >= 0.6 is 0 Å². The first-order valence-corrected chi connectivity index (χ1v) is 8.96. The third-order valence-corrected chi connectivity index (χ3v) is 5.06. The fourth-order valence-corrected chi connectivity index (χ4v) is 3.65. The van der Waals surface area contributed by atoms with E-state index in [-0.39, 0.29) is 18.2 Å². The highest BCUT2D eigenvalue weighted by atomic mass is 16.2. The highest BCUT2D eigenvalue weighted by Gasteiger charge is 2.51. The monoisotopic (exact) mass is 357 g/mol. The van der Waals surface area contributed by atoms with Gasteiger partial charge in [0.05, 0.1) is 0 Å². The van der Waals surface area contributed by atoms with Crippen molar-refractivity contribution in [3.8, 4) is 0 Å². The number of hydrogen-bond acceptors (Lipinski definition) is 4. The van der Waals surface area contributed by atoms with Crippen molar-refractivity contribution in [2.75, 3.05) is 11.9 Å². The quantitative estimate of drug-likeness (QED) is 0.639. The van der Waals surface area contributed by atoms with E-state index in [0.717, 1.165) is 30.6 Å². The van der Waals surface area contributed by atoms with Crippen LogP contribution in [0.2, 0.25) is 0 Å². The summed E-state index contributed by atoms with van der Waals surface area (Å²) in [7, 11) is 0. The number of benzene rings is 1. The fraction of sp³-hybridized carbons (Fsp3) is 0.474. The molecule has 2 aliphatic rings. The maximum absolute atomic E-state index is 12.8. The molecule has 1 aliphatic carbocycles. The molecule has 7 nitrogen and oxygen atoms in total. The minimum absolute atomic E-state index is 0.106. The summed E-state index contributed by atoms with van der Waals surface area (Å²) in [6.45, 7) is 1.11. The van der Waals surface area contributed by atoms with Crippen LogP contribution in [0.4, 0.5) is 10.5 Å². The van der Waals surface area contributed by atoms with Crippen molar-refractivity contribution in [2.45, 2.75) is 51.0 Å². The molecule has 1 heterocycles. The molecule has 3 rings (SSSR count). The molecular weight excluding hydrogens is 334 g/mol. The SMILES string of the molecule is CC(=O)c1cccc(NC(=O)CN2C(=O)NC3(CCCCCC3)C2=O)c1. The first-order valence-electron chi connectivity index (χ1n) is 8.96. The van der Waals surface area contributed by atoms with Gasteiger partial charge in [0.25, 0.3) is 5.91 Å². The third-order valence-electron chi connectivity index (χ3n) is 5.06. The van der Waals surface area contributed by atoms with Gasteiger partial charge in [-0.15, -0.1) is 0 Å². The fourth-order valence-electron chi connectivity index (χ4n) is 3.65. The maximum Gasteiger partial charge on any atom is 0.325 e. The number of rotatable bonds is 4. The number of urea groups is 1. The van der Waals surface area contributed by atoms with Crippen molar-refractivity contribution in [2.24, 2.45) is 0 Å². The van der Waals surface area contributed by atoms with E-state index in [0.29, 0.717) is 24.1 Å². The minimum atomic E-state index is -0.845. The summed E-state index contributed by atoms with van der Waals surface area (Å²) in [6, 6.07) is 6.04. The molecule has 2 fully saturated rings. The van der Waals surface area contributed by atoms with Gasteiger partial charge in [-0.3, -0.25) is 19.3 Å². The Bertz CT molecular complexity index is 751. The summed E-state index contributed by atoms with van der Waals surface area (Å²) in [5.74, 6) is -0.887. The maximum atomic E-state index is 12.8. The van der Waals surface area contributed by atoms with Crippen molar-refractivity contribution in [3.05, 3.63) is 29.8 Å². The van der Waals surface area contributed by atoms with Crippen molar-refractivity contribution in [1.82, 2.24) is 10.2 Å². The molecule has 138 valence electrons. The van der Waals surface area contributed by atoms with Crippen LogP contribution in [0.5, 0.6) is 0 Å². The van der Waals surface area contributed by atoms with E-state index in [1.165, 1.54) is 6.92 Å². The first-order chi connectivity index (χ1) is 12.4. The standard InChI is InChI=1S/C19H23N3O4/c1-13(23)14-7-6-8-15(11-14)20-16(24)12-22-17(25)19(21-18(22)26)9-4-2-3-5-10-19/h6-8,11H,2-5,9-10,12H2,1H3,(H,20,24)(H,21,26). The van der Waals surface area contributed by atoms with E-state index in [9.17, 15) is 19.2 Å². The number of anilines is 1. The molecule has 0 unspecified atom stereocenters. The molecule has 26 heavy (non-hydrogen) atoms. The Balaban J connectivity index is 1.67. The molecule has 7 heteroatoms. The molecule has 0 radical (unpaired) electrons. The molecule has 1 saturated heterocycles. The van der Waals surface area contributed by atoms with Gasteiger partial charge in [-0.05, 0) is 31.9 Å². The average Bonchev–Trinajstić information content (AvgIpc) is 2.77. The molecule has 1 aliphatic heterocycles. The largest absolute Gasteiger partial charge is 0.325 e. The van der Waals surface area contributed by atoms with Crippen molar-refractivity contribution in [1.29, 1.82) is 0 Å². The number of carbonyl (C=O) groups is 4. The average molecular weight is 357 g/mol. The van der Waals surface area contributed by atoms with E-state index in [4.69, 9.17) is 0 Å². The number of carbonyl (C=O) groups excluding carboxylic acids is 4. The van der Waals surface area contributed by atoms with Gasteiger partial charge in [0.2, 0.25) is 5.91 Å². The lowest BCUT2D eigenvalue weighted by molar-refractivity contribution is -0.134. The Morgan fingerprint density at radius 3 is 2.50 bits per heavy atom. The molecule has 0 atom stereocenters. The predicted molar refractivity (Wildman–Crippen MR) is 95.8 cm³/mol. The lowest BCUT2D eigenvalue weighted by Crippen LogP contribution is -2.47. The van der Waals surface area contributed by atoms with E-state index >= 15 is 0 Å². The molecule has 4 amide bonds. The molecule has 1 aromatic carbocycles. The highest BCUT2D eigenvalue weighted by Crippen LogP contribution is 2.32. The number of amides is 4. The lowest BCUT2D eigenvalue weighted by Gasteiger charge is -2.24.